The lowest BCUT2D eigenvalue weighted by atomic mass is 9.77. The highest BCUT2D eigenvalue weighted by molar-refractivity contribution is 6.10. The molecule has 10 nitrogen and oxygen atoms in total. The van der Waals surface area contributed by atoms with Crippen LogP contribution >= 0.6 is 0 Å². The van der Waals surface area contributed by atoms with E-state index in [0.29, 0.717) is 48.4 Å². The van der Waals surface area contributed by atoms with Gasteiger partial charge in [0.1, 0.15) is 23.6 Å². The number of benzene rings is 2. The third kappa shape index (κ3) is 6.49. The first-order valence-electron chi connectivity index (χ1n) is 16.2. The number of ether oxygens (including phenoxy) is 2. The van der Waals surface area contributed by atoms with Crippen LogP contribution in [0, 0.1) is 5.82 Å². The predicted molar refractivity (Wildman–Crippen MR) is 174 cm³/mol. The van der Waals surface area contributed by atoms with Gasteiger partial charge in [-0.3, -0.25) is 9.69 Å². The Balaban J connectivity index is 1.10. The summed E-state index contributed by atoms with van der Waals surface area (Å²) in [4.78, 5) is 33.0. The molecule has 1 aliphatic heterocycles. The Morgan fingerprint density at radius 1 is 1.06 bits per heavy atom. The van der Waals surface area contributed by atoms with Gasteiger partial charge in [-0.05, 0) is 105 Å². The fourth-order valence-electron chi connectivity index (χ4n) is 6.32. The second kappa shape index (κ2) is 11.9. The first-order chi connectivity index (χ1) is 22.5. The van der Waals surface area contributed by atoms with E-state index >= 15 is 0 Å². The number of aromatic nitrogens is 4. The Hall–Kier alpha value is -4.64. The van der Waals surface area contributed by atoms with Crippen molar-refractivity contribution in [1.29, 1.82) is 0 Å². The van der Waals surface area contributed by atoms with Gasteiger partial charge in [0, 0.05) is 29.8 Å². The zero-order valence-electron chi connectivity index (χ0n) is 27.2. The van der Waals surface area contributed by atoms with Crippen molar-refractivity contribution >= 4 is 17.8 Å². The molecule has 3 heterocycles. The van der Waals surface area contributed by atoms with E-state index in [1.807, 2.05) is 58.2 Å². The van der Waals surface area contributed by atoms with E-state index in [2.05, 4.69) is 15.5 Å². The number of aryl methyl sites for hydroxylation is 1. The average Bonchev–Trinajstić information content (AvgIpc) is 3.69. The van der Waals surface area contributed by atoms with Crippen LogP contribution in [0.3, 0.4) is 0 Å². The number of hydrogen-bond acceptors (Lipinski definition) is 7. The molecule has 1 N–H and O–H groups in total. The summed E-state index contributed by atoms with van der Waals surface area (Å²) in [6.07, 6.45) is 5.92. The molecular weight excluding hydrogens is 599 g/mol. The highest BCUT2D eigenvalue weighted by Crippen LogP contribution is 2.43. The summed E-state index contributed by atoms with van der Waals surface area (Å²) in [5.41, 5.74) is 4.60. The van der Waals surface area contributed by atoms with Crippen LogP contribution in [-0.4, -0.2) is 49.5 Å². The average molecular weight is 639 g/mol. The number of hydrogen-bond donors (Lipinski definition) is 1. The van der Waals surface area contributed by atoms with Crippen LogP contribution in [0.1, 0.15) is 86.0 Å². The molecule has 0 radical (unpaired) electrons. The minimum atomic E-state index is -0.571. The van der Waals surface area contributed by atoms with E-state index in [4.69, 9.17) is 14.5 Å². The van der Waals surface area contributed by atoms with Crippen LogP contribution < -0.4 is 10.2 Å². The smallest absolute Gasteiger partial charge is 0.408 e. The fourth-order valence-corrected chi connectivity index (χ4v) is 6.32. The third-order valence-corrected chi connectivity index (χ3v) is 9.05. The van der Waals surface area contributed by atoms with Gasteiger partial charge in [0.05, 0.1) is 25.3 Å². The van der Waals surface area contributed by atoms with Gasteiger partial charge in [-0.2, -0.15) is 0 Å². The molecular formula is C36H39FN6O4. The summed E-state index contributed by atoms with van der Waals surface area (Å²) in [7, 11) is 1.82. The number of amides is 2. The molecule has 0 atom stereocenters. The molecule has 47 heavy (non-hydrogen) atoms. The van der Waals surface area contributed by atoms with Crippen LogP contribution in [0.25, 0.3) is 22.5 Å². The van der Waals surface area contributed by atoms with Gasteiger partial charge < -0.3 is 19.4 Å². The number of rotatable bonds is 9. The number of carbonyl (C=O) groups excluding carboxylic acids is 2. The van der Waals surface area contributed by atoms with Crippen LogP contribution in [0.2, 0.25) is 0 Å². The molecule has 244 valence electrons. The summed E-state index contributed by atoms with van der Waals surface area (Å²) >= 11 is 0. The van der Waals surface area contributed by atoms with Crippen LogP contribution in [0.4, 0.5) is 15.0 Å². The van der Waals surface area contributed by atoms with Crippen molar-refractivity contribution in [3.63, 3.8) is 0 Å². The number of nitrogens with zero attached hydrogens (tertiary/aromatic N) is 5. The molecule has 3 aliphatic rings. The normalized spacial score (nSPS) is 17.0. The molecule has 2 saturated carbocycles. The predicted octanol–water partition coefficient (Wildman–Crippen LogP) is 6.69. The van der Waals surface area contributed by atoms with Crippen molar-refractivity contribution in [1.82, 2.24) is 25.1 Å². The van der Waals surface area contributed by atoms with E-state index in [1.165, 1.54) is 12.1 Å². The van der Waals surface area contributed by atoms with Crippen LogP contribution in [0.15, 0.2) is 54.9 Å². The molecule has 2 aromatic carbocycles. The van der Waals surface area contributed by atoms with Gasteiger partial charge in [0.15, 0.2) is 5.82 Å². The minimum absolute atomic E-state index is 0.122. The lowest BCUT2D eigenvalue weighted by Gasteiger charge is -2.42. The Kier molecular flexibility index (Phi) is 7.82. The van der Waals surface area contributed by atoms with Crippen LogP contribution in [-0.2, 0) is 29.7 Å². The van der Waals surface area contributed by atoms with Gasteiger partial charge >= 0.3 is 6.09 Å². The Morgan fingerprint density at radius 2 is 1.87 bits per heavy atom. The first kappa shape index (κ1) is 31.0. The lowest BCUT2D eigenvalue weighted by molar-refractivity contribution is 0.00166. The lowest BCUT2D eigenvalue weighted by Crippen LogP contribution is -2.57. The van der Waals surface area contributed by atoms with Crippen molar-refractivity contribution in [2.45, 2.75) is 83.1 Å². The molecule has 0 bridgehead atoms. The molecule has 2 aromatic heterocycles. The quantitative estimate of drug-likeness (QED) is 0.218. The standard InChI is InChI=1S/C36H39FN6O4/c1-35(2,3)47-34(45)40-36(12-5-13-36)20-46-19-22-6-7-24-18-43(33(44)28(24)14-22)31-16-25(15-30(39-31)23-8-9-23)27-11-10-26(37)17-29(27)32-41-38-21-42(32)4/h6-7,10-11,14-17,21,23H,5,8-9,12-13,18-20H2,1-4H3,(H,40,45). The van der Waals surface area contributed by atoms with E-state index in [0.717, 1.165) is 60.1 Å². The van der Waals surface area contributed by atoms with Crippen LogP contribution in [0.5, 0.6) is 0 Å². The zero-order chi connectivity index (χ0) is 32.9. The maximum absolute atomic E-state index is 14.5. The molecule has 2 aliphatic carbocycles. The van der Waals surface area contributed by atoms with Crippen molar-refractivity contribution in [3.05, 3.63) is 83.1 Å². The molecule has 2 amide bonds. The van der Waals surface area contributed by atoms with Crippen molar-refractivity contribution in [3.8, 4) is 22.5 Å². The Morgan fingerprint density at radius 3 is 2.55 bits per heavy atom. The Bertz CT molecular complexity index is 1860. The summed E-state index contributed by atoms with van der Waals surface area (Å²) in [5, 5.41) is 11.2. The summed E-state index contributed by atoms with van der Waals surface area (Å²) in [5.74, 6) is 0.962. The number of nitrogens with one attached hydrogen (secondary N) is 1. The zero-order valence-corrected chi connectivity index (χ0v) is 27.2. The molecule has 11 heteroatoms. The number of alkyl carbamates (subject to hydrolysis) is 1. The van der Waals surface area contributed by atoms with Gasteiger partial charge in [-0.1, -0.05) is 18.2 Å². The van der Waals surface area contributed by atoms with Gasteiger partial charge in [0.2, 0.25) is 0 Å². The number of anilines is 1. The number of fused-ring (bicyclic) bond motifs is 1. The van der Waals surface area contributed by atoms with Gasteiger partial charge in [-0.15, -0.1) is 10.2 Å². The fraction of sp³-hybridized carbons (Fsp3) is 0.417. The number of pyridine rings is 1. The largest absolute Gasteiger partial charge is 0.444 e. The van der Waals surface area contributed by atoms with Crippen molar-refractivity contribution in [2.75, 3.05) is 11.5 Å². The van der Waals surface area contributed by atoms with E-state index in [-0.39, 0.29) is 11.7 Å². The van der Waals surface area contributed by atoms with Crippen molar-refractivity contribution in [2.24, 2.45) is 7.05 Å². The first-order valence-corrected chi connectivity index (χ1v) is 16.2. The molecule has 4 aromatic rings. The third-order valence-electron chi connectivity index (χ3n) is 9.05. The van der Waals surface area contributed by atoms with Gasteiger partial charge in [-0.25, -0.2) is 14.2 Å². The minimum Gasteiger partial charge on any atom is -0.444 e. The van der Waals surface area contributed by atoms with Crippen molar-refractivity contribution < 1.29 is 23.5 Å². The van der Waals surface area contributed by atoms with E-state index in [1.54, 1.807) is 21.9 Å². The number of halogens is 1. The molecule has 0 saturated heterocycles. The monoisotopic (exact) mass is 638 g/mol. The second-order valence-corrected chi connectivity index (χ2v) is 14.0. The molecule has 7 rings (SSSR count). The van der Waals surface area contributed by atoms with E-state index in [9.17, 15) is 14.0 Å². The molecule has 0 spiro atoms. The second-order valence-electron chi connectivity index (χ2n) is 14.0. The number of carbonyl (C=O) groups is 2. The van der Waals surface area contributed by atoms with Gasteiger partial charge in [0.25, 0.3) is 5.91 Å². The maximum atomic E-state index is 14.5. The molecule has 2 fully saturated rings. The Labute approximate surface area is 273 Å². The topological polar surface area (TPSA) is 111 Å². The SMILES string of the molecule is Cn1cnnc1-c1cc(F)ccc1-c1cc(C2CC2)nc(N2Cc3ccc(COCC4(NC(=O)OC(C)(C)C)CCC4)cc3C2=O)c1. The summed E-state index contributed by atoms with van der Waals surface area (Å²) in [6.45, 7) is 6.60. The highest BCUT2D eigenvalue weighted by atomic mass is 19.1. The highest BCUT2D eigenvalue weighted by Gasteiger charge is 2.40. The van der Waals surface area contributed by atoms with E-state index < -0.39 is 17.2 Å². The molecule has 0 unspecified atom stereocenters. The summed E-state index contributed by atoms with van der Waals surface area (Å²) in [6, 6.07) is 14.5. The summed E-state index contributed by atoms with van der Waals surface area (Å²) < 4.78 is 27.8. The maximum Gasteiger partial charge on any atom is 0.408 e.